The van der Waals surface area contributed by atoms with E-state index in [1.807, 2.05) is 6.07 Å². The van der Waals surface area contributed by atoms with Crippen LogP contribution in [0.5, 0.6) is 5.75 Å². The smallest absolute Gasteiger partial charge is 0.335 e. The molecule has 0 saturated heterocycles. The summed E-state index contributed by atoms with van der Waals surface area (Å²) in [6.45, 7) is 0.773. The number of rotatable bonds is 6. The number of ether oxygens (including phenoxy) is 1. The van der Waals surface area contributed by atoms with Crippen LogP contribution in [-0.2, 0) is 6.42 Å². The number of carboxylic acids is 1. The highest BCUT2D eigenvalue weighted by molar-refractivity contribution is 5.89. The zero-order valence-corrected chi connectivity index (χ0v) is 10.4. The fourth-order valence-corrected chi connectivity index (χ4v) is 2.17. The zero-order chi connectivity index (χ0) is 12.5. The Hall–Kier alpha value is -1.51. The van der Waals surface area contributed by atoms with Crippen LogP contribution < -0.4 is 4.74 Å². The summed E-state index contributed by atoms with van der Waals surface area (Å²) in [6.07, 6.45) is 5.87. The molecule has 1 aromatic carbocycles. The minimum Gasteiger partial charge on any atom is -0.493 e. The molecule has 96 valence electrons. The van der Waals surface area contributed by atoms with Gasteiger partial charge in [0.15, 0.2) is 0 Å². The van der Waals surface area contributed by atoms with Crippen LogP contribution in [0, 0.1) is 11.8 Å². The van der Waals surface area contributed by atoms with Crippen molar-refractivity contribution in [3.05, 3.63) is 29.3 Å². The van der Waals surface area contributed by atoms with E-state index < -0.39 is 5.97 Å². The van der Waals surface area contributed by atoms with E-state index in [1.165, 1.54) is 25.7 Å². The summed E-state index contributed by atoms with van der Waals surface area (Å²) in [5.74, 6) is 1.39. The summed E-state index contributed by atoms with van der Waals surface area (Å²) in [7, 11) is 0. The second kappa shape index (κ2) is 4.63. The molecule has 2 aliphatic rings. The van der Waals surface area contributed by atoms with E-state index >= 15 is 0 Å². The Bertz CT molecular complexity index is 459. The number of hydrogen-bond donors (Lipinski definition) is 1. The summed E-state index contributed by atoms with van der Waals surface area (Å²) >= 11 is 0. The quantitative estimate of drug-likeness (QED) is 0.838. The molecular weight excluding hydrogens is 228 g/mol. The van der Waals surface area contributed by atoms with E-state index in [0.29, 0.717) is 11.5 Å². The number of carbonyl (C=O) groups is 1. The summed E-state index contributed by atoms with van der Waals surface area (Å²) < 4.78 is 5.71. The Morgan fingerprint density at radius 1 is 1.22 bits per heavy atom. The second-order valence-corrected chi connectivity index (χ2v) is 5.53. The summed E-state index contributed by atoms with van der Waals surface area (Å²) in [5, 5.41) is 9.18. The molecule has 0 radical (unpaired) electrons. The van der Waals surface area contributed by atoms with Gasteiger partial charge < -0.3 is 9.84 Å². The summed E-state index contributed by atoms with van der Waals surface area (Å²) in [6, 6.07) is 5.38. The molecule has 2 fully saturated rings. The van der Waals surface area contributed by atoms with Gasteiger partial charge in [-0.3, -0.25) is 0 Å². The lowest BCUT2D eigenvalue weighted by Crippen LogP contribution is -2.05. The normalized spacial score (nSPS) is 18.7. The van der Waals surface area contributed by atoms with Crippen molar-refractivity contribution >= 4 is 5.97 Å². The Balaban J connectivity index is 1.75. The molecule has 0 aliphatic heterocycles. The summed E-state index contributed by atoms with van der Waals surface area (Å²) in [5.41, 5.74) is 1.36. The second-order valence-electron chi connectivity index (χ2n) is 5.53. The molecule has 2 aliphatic carbocycles. The first-order valence-corrected chi connectivity index (χ1v) is 6.71. The van der Waals surface area contributed by atoms with Crippen molar-refractivity contribution < 1.29 is 14.6 Å². The van der Waals surface area contributed by atoms with E-state index in [-0.39, 0.29) is 0 Å². The van der Waals surface area contributed by atoms with Crippen LogP contribution >= 0.6 is 0 Å². The summed E-state index contributed by atoms with van der Waals surface area (Å²) in [4.78, 5) is 11.2. The first kappa shape index (κ1) is 11.6. The first-order valence-electron chi connectivity index (χ1n) is 6.71. The highest BCUT2D eigenvalue weighted by atomic mass is 16.5. The number of carboxylic acid groups (broad SMARTS) is 1. The molecule has 1 aromatic rings. The third-order valence-corrected chi connectivity index (χ3v) is 3.70. The third-order valence-electron chi connectivity index (χ3n) is 3.70. The predicted molar refractivity (Wildman–Crippen MR) is 68.0 cm³/mol. The molecular formula is C15H18O3. The average Bonchev–Trinajstić information content (AvgIpc) is 3.21. The van der Waals surface area contributed by atoms with Crippen LogP contribution in [-0.4, -0.2) is 17.7 Å². The van der Waals surface area contributed by atoms with Gasteiger partial charge in [-0.1, -0.05) is 0 Å². The fraction of sp³-hybridized carbons (Fsp3) is 0.533. The molecule has 2 saturated carbocycles. The van der Waals surface area contributed by atoms with Crippen LogP contribution in [0.4, 0.5) is 0 Å². The Morgan fingerprint density at radius 2 is 1.94 bits per heavy atom. The van der Waals surface area contributed by atoms with Crippen molar-refractivity contribution in [2.24, 2.45) is 11.8 Å². The van der Waals surface area contributed by atoms with Gasteiger partial charge in [0.2, 0.25) is 0 Å². The maximum Gasteiger partial charge on any atom is 0.335 e. The van der Waals surface area contributed by atoms with Crippen molar-refractivity contribution in [2.75, 3.05) is 6.61 Å². The van der Waals surface area contributed by atoms with Crippen molar-refractivity contribution in [2.45, 2.75) is 32.1 Å². The zero-order valence-electron chi connectivity index (χ0n) is 10.4. The Morgan fingerprint density at radius 3 is 2.56 bits per heavy atom. The maximum atomic E-state index is 11.2. The lowest BCUT2D eigenvalue weighted by atomic mass is 10.0. The number of hydrogen-bond acceptors (Lipinski definition) is 2. The molecule has 0 heterocycles. The van der Waals surface area contributed by atoms with Gasteiger partial charge in [-0.05, 0) is 67.7 Å². The first-order chi connectivity index (χ1) is 8.72. The number of aromatic carboxylic acids is 1. The molecule has 0 unspecified atom stereocenters. The van der Waals surface area contributed by atoms with Gasteiger partial charge >= 0.3 is 5.97 Å². The van der Waals surface area contributed by atoms with E-state index in [9.17, 15) is 9.90 Å². The van der Waals surface area contributed by atoms with Crippen LogP contribution in [0.15, 0.2) is 18.2 Å². The molecule has 1 N–H and O–H groups in total. The SMILES string of the molecule is O=C(O)c1ccc(OCC2CC2)cc1CC1CC1. The monoisotopic (exact) mass is 246 g/mol. The van der Waals surface area contributed by atoms with Gasteiger partial charge in [0.05, 0.1) is 12.2 Å². The standard InChI is InChI=1S/C15H18O3/c16-15(17)14-6-5-13(18-9-11-3-4-11)8-12(14)7-10-1-2-10/h5-6,8,10-11H,1-4,7,9H2,(H,16,17). The minimum atomic E-state index is -0.834. The lowest BCUT2D eigenvalue weighted by Gasteiger charge is -2.10. The Kier molecular flexibility index (Phi) is 2.98. The van der Waals surface area contributed by atoms with Crippen LogP contribution in [0.25, 0.3) is 0 Å². The minimum absolute atomic E-state index is 0.431. The molecule has 3 rings (SSSR count). The van der Waals surface area contributed by atoms with Crippen molar-refractivity contribution in [3.8, 4) is 5.75 Å². The lowest BCUT2D eigenvalue weighted by molar-refractivity contribution is 0.0695. The highest BCUT2D eigenvalue weighted by Gasteiger charge is 2.25. The van der Waals surface area contributed by atoms with Crippen LogP contribution in [0.1, 0.15) is 41.6 Å². The molecule has 18 heavy (non-hydrogen) atoms. The van der Waals surface area contributed by atoms with Gasteiger partial charge in [-0.2, -0.15) is 0 Å². The number of benzene rings is 1. The van der Waals surface area contributed by atoms with E-state index in [4.69, 9.17) is 4.74 Å². The largest absolute Gasteiger partial charge is 0.493 e. The fourth-order valence-electron chi connectivity index (χ4n) is 2.17. The van der Waals surface area contributed by atoms with E-state index in [2.05, 4.69) is 0 Å². The molecule has 0 bridgehead atoms. The van der Waals surface area contributed by atoms with Crippen molar-refractivity contribution in [3.63, 3.8) is 0 Å². The Labute approximate surface area is 107 Å². The molecule has 3 nitrogen and oxygen atoms in total. The van der Waals surface area contributed by atoms with Gasteiger partial charge in [-0.15, -0.1) is 0 Å². The van der Waals surface area contributed by atoms with Gasteiger partial charge in [0.25, 0.3) is 0 Å². The molecule has 3 heteroatoms. The predicted octanol–water partition coefficient (Wildman–Crippen LogP) is 3.13. The molecule has 0 amide bonds. The maximum absolute atomic E-state index is 11.2. The van der Waals surface area contributed by atoms with E-state index in [0.717, 1.165) is 30.3 Å². The van der Waals surface area contributed by atoms with Crippen LogP contribution in [0.2, 0.25) is 0 Å². The van der Waals surface area contributed by atoms with Gasteiger partial charge in [0.1, 0.15) is 5.75 Å². The van der Waals surface area contributed by atoms with Gasteiger partial charge in [-0.25, -0.2) is 4.79 Å². The highest BCUT2D eigenvalue weighted by Crippen LogP contribution is 2.35. The molecule has 0 aromatic heterocycles. The van der Waals surface area contributed by atoms with Crippen molar-refractivity contribution in [1.29, 1.82) is 0 Å². The van der Waals surface area contributed by atoms with E-state index in [1.54, 1.807) is 12.1 Å². The average molecular weight is 246 g/mol. The van der Waals surface area contributed by atoms with Crippen LogP contribution in [0.3, 0.4) is 0 Å². The third kappa shape index (κ3) is 2.84. The topological polar surface area (TPSA) is 46.5 Å². The van der Waals surface area contributed by atoms with Crippen molar-refractivity contribution in [1.82, 2.24) is 0 Å². The van der Waals surface area contributed by atoms with Gasteiger partial charge in [0, 0.05) is 0 Å². The molecule has 0 spiro atoms. The molecule has 0 atom stereocenters.